The molecule has 1 heterocycles. The predicted octanol–water partition coefficient (Wildman–Crippen LogP) is 4.36. The van der Waals surface area contributed by atoms with Gasteiger partial charge in [0.2, 0.25) is 11.7 Å². The van der Waals surface area contributed by atoms with Crippen LogP contribution < -0.4 is 10.3 Å². The third-order valence-electron chi connectivity index (χ3n) is 5.46. The summed E-state index contributed by atoms with van der Waals surface area (Å²) in [5, 5.41) is 20.3. The first-order chi connectivity index (χ1) is 15.3. The van der Waals surface area contributed by atoms with Crippen molar-refractivity contribution < 1.29 is 14.6 Å². The molecule has 3 aromatic rings. The topological polar surface area (TPSA) is 92.3 Å². The van der Waals surface area contributed by atoms with Crippen LogP contribution in [0, 0.1) is 18.3 Å². The molecular weight excluding hydrogens is 404 g/mol. The van der Waals surface area contributed by atoms with Crippen molar-refractivity contribution in [3.63, 3.8) is 0 Å². The van der Waals surface area contributed by atoms with Crippen LogP contribution in [0.15, 0.2) is 59.4 Å². The van der Waals surface area contributed by atoms with E-state index in [-0.39, 0.29) is 29.8 Å². The van der Waals surface area contributed by atoms with E-state index in [0.29, 0.717) is 18.1 Å². The second kappa shape index (κ2) is 9.97. The molecule has 3 rings (SSSR count). The molecule has 0 aliphatic heterocycles. The number of Topliss-reactive ketones (excluding diaryl/α,β-unsaturated/α-hetero) is 1. The third-order valence-corrected chi connectivity index (χ3v) is 5.46. The van der Waals surface area contributed by atoms with Crippen LogP contribution in [0.5, 0.6) is 11.6 Å². The van der Waals surface area contributed by atoms with Gasteiger partial charge in [0.1, 0.15) is 17.4 Å². The Kier molecular flexibility index (Phi) is 7.11. The first-order valence-electron chi connectivity index (χ1n) is 10.5. The molecule has 32 heavy (non-hydrogen) atoms. The van der Waals surface area contributed by atoms with E-state index < -0.39 is 17.2 Å². The van der Waals surface area contributed by atoms with Crippen molar-refractivity contribution in [1.82, 2.24) is 4.57 Å². The van der Waals surface area contributed by atoms with Crippen LogP contribution >= 0.6 is 0 Å². The number of pyridine rings is 1. The van der Waals surface area contributed by atoms with Gasteiger partial charge in [0.25, 0.3) is 5.56 Å². The zero-order valence-corrected chi connectivity index (χ0v) is 18.5. The van der Waals surface area contributed by atoms with Gasteiger partial charge in [0.15, 0.2) is 6.61 Å². The molecule has 1 aromatic heterocycles. The Morgan fingerprint density at radius 1 is 1.12 bits per heavy atom. The zero-order chi connectivity index (χ0) is 23.3. The normalized spacial score (nSPS) is 10.7. The maximum absolute atomic E-state index is 12.9. The SMILES string of the molecule is Cc1c(C(=O)COc2ccc(C(C)C)cc2)c(O)n(CCc2ccccc2)c(=O)c1C#N. The van der Waals surface area contributed by atoms with E-state index in [1.807, 2.05) is 48.5 Å². The van der Waals surface area contributed by atoms with Gasteiger partial charge in [-0.15, -0.1) is 0 Å². The Morgan fingerprint density at radius 2 is 1.78 bits per heavy atom. The highest BCUT2D eigenvalue weighted by Gasteiger charge is 2.24. The first kappa shape index (κ1) is 22.8. The lowest BCUT2D eigenvalue weighted by atomic mass is 10.0. The smallest absolute Gasteiger partial charge is 0.271 e. The van der Waals surface area contributed by atoms with Gasteiger partial charge in [0, 0.05) is 6.54 Å². The average Bonchev–Trinajstić information content (AvgIpc) is 2.79. The number of ether oxygens (including phenoxy) is 1. The minimum atomic E-state index is -0.611. The van der Waals surface area contributed by atoms with Crippen LogP contribution in [0.25, 0.3) is 0 Å². The van der Waals surface area contributed by atoms with Crippen molar-refractivity contribution in [1.29, 1.82) is 5.26 Å². The van der Waals surface area contributed by atoms with Crippen LogP contribution in [-0.4, -0.2) is 22.1 Å². The lowest BCUT2D eigenvalue weighted by Gasteiger charge is -2.16. The van der Waals surface area contributed by atoms with Crippen LogP contribution in [0.4, 0.5) is 0 Å². The lowest BCUT2D eigenvalue weighted by Crippen LogP contribution is -2.28. The number of carbonyl (C=O) groups excluding carboxylic acids is 1. The molecule has 0 spiro atoms. The van der Waals surface area contributed by atoms with Crippen molar-refractivity contribution in [2.75, 3.05) is 6.61 Å². The van der Waals surface area contributed by atoms with Crippen LogP contribution in [0.3, 0.4) is 0 Å². The summed E-state index contributed by atoms with van der Waals surface area (Å²) < 4.78 is 6.70. The Morgan fingerprint density at radius 3 is 2.38 bits per heavy atom. The molecule has 164 valence electrons. The maximum atomic E-state index is 12.9. The number of aryl methyl sites for hydroxylation is 1. The van der Waals surface area contributed by atoms with Crippen molar-refractivity contribution in [3.8, 4) is 17.7 Å². The van der Waals surface area contributed by atoms with Crippen LogP contribution in [-0.2, 0) is 13.0 Å². The Hall–Kier alpha value is -3.85. The van der Waals surface area contributed by atoms with Gasteiger partial charge in [-0.3, -0.25) is 14.2 Å². The fourth-order valence-electron chi connectivity index (χ4n) is 3.55. The molecule has 0 bridgehead atoms. The molecule has 0 radical (unpaired) electrons. The second-order valence-electron chi connectivity index (χ2n) is 7.94. The van der Waals surface area contributed by atoms with E-state index in [4.69, 9.17) is 4.74 Å². The molecule has 6 heteroatoms. The quantitative estimate of drug-likeness (QED) is 0.536. The fourth-order valence-corrected chi connectivity index (χ4v) is 3.55. The van der Waals surface area contributed by atoms with Crippen molar-refractivity contribution in [3.05, 3.63) is 92.8 Å². The van der Waals surface area contributed by atoms with Gasteiger partial charge in [-0.05, 0) is 48.1 Å². The van der Waals surface area contributed by atoms with Crippen LogP contribution in [0.2, 0.25) is 0 Å². The molecule has 0 saturated carbocycles. The minimum Gasteiger partial charge on any atom is -0.494 e. The van der Waals surface area contributed by atoms with Crippen molar-refractivity contribution in [2.45, 2.75) is 39.7 Å². The van der Waals surface area contributed by atoms with E-state index >= 15 is 0 Å². The molecule has 6 nitrogen and oxygen atoms in total. The number of aromatic nitrogens is 1. The third kappa shape index (κ3) is 4.89. The number of hydrogen-bond acceptors (Lipinski definition) is 5. The molecule has 0 fully saturated rings. The maximum Gasteiger partial charge on any atom is 0.271 e. The molecule has 0 atom stereocenters. The standard InChI is InChI=1S/C26H26N2O4/c1-17(2)20-9-11-21(12-10-20)32-16-23(29)24-18(3)22(15-27)25(30)28(26(24)31)14-13-19-7-5-4-6-8-19/h4-12,17,31H,13-14,16H2,1-3H3. The molecular formula is C26H26N2O4. The van der Waals surface area contributed by atoms with E-state index in [1.54, 1.807) is 12.1 Å². The van der Waals surface area contributed by atoms with Crippen molar-refractivity contribution >= 4 is 5.78 Å². The summed E-state index contributed by atoms with van der Waals surface area (Å²) in [6.07, 6.45) is 0.467. The van der Waals surface area contributed by atoms with E-state index in [9.17, 15) is 20.0 Å². The summed E-state index contributed by atoms with van der Waals surface area (Å²) in [4.78, 5) is 25.7. The van der Waals surface area contributed by atoms with E-state index in [1.165, 1.54) is 6.92 Å². The number of carbonyl (C=O) groups is 1. The highest BCUT2D eigenvalue weighted by Crippen LogP contribution is 2.24. The van der Waals surface area contributed by atoms with Crippen LogP contribution in [0.1, 0.15) is 52.4 Å². The zero-order valence-electron chi connectivity index (χ0n) is 18.5. The molecule has 0 unspecified atom stereocenters. The fraction of sp³-hybridized carbons (Fsp3) is 0.269. The number of aromatic hydroxyl groups is 1. The number of benzene rings is 2. The molecule has 0 amide bonds. The monoisotopic (exact) mass is 430 g/mol. The highest BCUT2D eigenvalue weighted by atomic mass is 16.5. The summed E-state index contributed by atoms with van der Waals surface area (Å²) in [6, 6.07) is 18.8. The minimum absolute atomic E-state index is 0.0620. The van der Waals surface area contributed by atoms with Gasteiger partial charge >= 0.3 is 0 Å². The van der Waals surface area contributed by atoms with Gasteiger partial charge in [-0.2, -0.15) is 5.26 Å². The number of nitriles is 1. The van der Waals surface area contributed by atoms with Gasteiger partial charge < -0.3 is 9.84 Å². The lowest BCUT2D eigenvalue weighted by molar-refractivity contribution is 0.0916. The summed E-state index contributed by atoms with van der Waals surface area (Å²) in [6.45, 7) is 5.49. The first-order valence-corrected chi connectivity index (χ1v) is 10.5. The average molecular weight is 431 g/mol. The molecule has 0 aliphatic rings. The van der Waals surface area contributed by atoms with Crippen molar-refractivity contribution in [2.24, 2.45) is 0 Å². The highest BCUT2D eigenvalue weighted by molar-refractivity contribution is 6.01. The Bertz CT molecular complexity index is 1200. The summed E-state index contributed by atoms with van der Waals surface area (Å²) in [5.74, 6) is -0.0338. The van der Waals surface area contributed by atoms with Gasteiger partial charge in [-0.1, -0.05) is 56.3 Å². The predicted molar refractivity (Wildman–Crippen MR) is 122 cm³/mol. The van der Waals surface area contributed by atoms with E-state index in [0.717, 1.165) is 15.7 Å². The molecule has 2 aromatic carbocycles. The van der Waals surface area contributed by atoms with Gasteiger partial charge in [-0.25, -0.2) is 0 Å². The summed E-state index contributed by atoms with van der Waals surface area (Å²) in [7, 11) is 0. The number of nitrogens with zero attached hydrogens (tertiary/aromatic N) is 2. The molecule has 0 aliphatic carbocycles. The Balaban J connectivity index is 1.86. The van der Waals surface area contributed by atoms with E-state index in [2.05, 4.69) is 13.8 Å². The number of rotatable bonds is 8. The molecule has 1 N–H and O–H groups in total. The number of ketones is 1. The summed E-state index contributed by atoms with van der Waals surface area (Å²) in [5.41, 5.74) is 1.46. The summed E-state index contributed by atoms with van der Waals surface area (Å²) >= 11 is 0. The molecule has 0 saturated heterocycles. The van der Waals surface area contributed by atoms with Gasteiger partial charge in [0.05, 0.1) is 5.56 Å². The number of hydrogen-bond donors (Lipinski definition) is 1. The largest absolute Gasteiger partial charge is 0.494 e. The second-order valence-corrected chi connectivity index (χ2v) is 7.94. The Labute approximate surface area is 187 Å².